The first kappa shape index (κ1) is 17.1. The number of hydrogen-bond donors (Lipinski definition) is 1. The summed E-state index contributed by atoms with van der Waals surface area (Å²) in [5.74, 6) is 1.68. The van der Waals surface area contributed by atoms with Crippen molar-refractivity contribution >= 4 is 11.7 Å². The molecular formula is C18H25N3O2. The van der Waals surface area contributed by atoms with Crippen molar-refractivity contribution in [2.45, 2.75) is 40.0 Å². The van der Waals surface area contributed by atoms with Crippen LogP contribution in [0.5, 0.6) is 5.75 Å². The number of aryl methyl sites for hydroxylation is 4. The molecule has 0 saturated heterocycles. The highest BCUT2D eigenvalue weighted by Crippen LogP contribution is 2.19. The molecule has 0 saturated carbocycles. The summed E-state index contributed by atoms with van der Waals surface area (Å²) in [5, 5.41) is 7.08. The Morgan fingerprint density at radius 1 is 1.22 bits per heavy atom. The molecule has 0 radical (unpaired) electrons. The number of amides is 1. The predicted molar refractivity (Wildman–Crippen MR) is 91.8 cm³/mol. The van der Waals surface area contributed by atoms with Crippen molar-refractivity contribution in [1.29, 1.82) is 0 Å². The molecule has 0 aliphatic rings. The van der Waals surface area contributed by atoms with Crippen LogP contribution in [-0.2, 0) is 11.8 Å². The molecule has 0 unspecified atom stereocenters. The number of aromatic nitrogens is 2. The van der Waals surface area contributed by atoms with Crippen LogP contribution < -0.4 is 10.1 Å². The molecule has 1 N–H and O–H groups in total. The van der Waals surface area contributed by atoms with E-state index in [-0.39, 0.29) is 5.91 Å². The Hall–Kier alpha value is -2.30. The Balaban J connectivity index is 1.68. The number of carbonyl (C=O) groups is 1. The summed E-state index contributed by atoms with van der Waals surface area (Å²) >= 11 is 0. The van der Waals surface area contributed by atoms with Crippen molar-refractivity contribution < 1.29 is 9.53 Å². The van der Waals surface area contributed by atoms with E-state index in [0.717, 1.165) is 35.7 Å². The summed E-state index contributed by atoms with van der Waals surface area (Å²) in [5.41, 5.74) is 3.22. The minimum absolute atomic E-state index is 0.0136. The Labute approximate surface area is 137 Å². The van der Waals surface area contributed by atoms with Gasteiger partial charge in [0.2, 0.25) is 5.91 Å². The molecule has 0 aliphatic carbocycles. The van der Waals surface area contributed by atoms with E-state index in [0.29, 0.717) is 13.0 Å². The van der Waals surface area contributed by atoms with Crippen LogP contribution in [0, 0.1) is 20.8 Å². The maximum atomic E-state index is 11.9. The lowest BCUT2D eigenvalue weighted by Gasteiger charge is -2.10. The highest BCUT2D eigenvalue weighted by atomic mass is 16.5. The molecule has 2 aromatic rings. The number of hydrogen-bond acceptors (Lipinski definition) is 3. The zero-order valence-electron chi connectivity index (χ0n) is 14.3. The van der Waals surface area contributed by atoms with Gasteiger partial charge in [0.25, 0.3) is 0 Å². The Kier molecular flexibility index (Phi) is 5.79. The van der Waals surface area contributed by atoms with Crippen LogP contribution in [0.4, 0.5) is 5.82 Å². The third-order valence-electron chi connectivity index (χ3n) is 3.67. The molecule has 0 aliphatic heterocycles. The van der Waals surface area contributed by atoms with E-state index in [1.54, 1.807) is 4.68 Å². The highest BCUT2D eigenvalue weighted by Gasteiger charge is 2.07. The average molecular weight is 315 g/mol. The second kappa shape index (κ2) is 7.81. The largest absolute Gasteiger partial charge is 0.493 e. The molecule has 5 nitrogen and oxygen atoms in total. The molecule has 1 aromatic carbocycles. The van der Waals surface area contributed by atoms with E-state index in [4.69, 9.17) is 4.74 Å². The van der Waals surface area contributed by atoms with Crippen LogP contribution >= 0.6 is 0 Å². The van der Waals surface area contributed by atoms with Gasteiger partial charge < -0.3 is 10.1 Å². The zero-order chi connectivity index (χ0) is 16.8. The van der Waals surface area contributed by atoms with Crippen molar-refractivity contribution in [1.82, 2.24) is 9.78 Å². The van der Waals surface area contributed by atoms with Gasteiger partial charge in [-0.05, 0) is 50.8 Å². The number of unbranched alkanes of at least 4 members (excludes halogenated alkanes) is 1. The standard InChI is InChI=1S/C18H25N3O2/c1-13-8-9-14(2)16(11-13)23-10-6-5-7-18(22)19-17-12-15(3)20-21(17)4/h8-9,11-12H,5-7,10H2,1-4H3,(H,19,22). The lowest BCUT2D eigenvalue weighted by atomic mass is 10.1. The highest BCUT2D eigenvalue weighted by molar-refractivity contribution is 5.89. The van der Waals surface area contributed by atoms with Gasteiger partial charge in [0.1, 0.15) is 11.6 Å². The van der Waals surface area contributed by atoms with E-state index < -0.39 is 0 Å². The first-order valence-electron chi connectivity index (χ1n) is 7.96. The molecule has 0 fully saturated rings. The summed E-state index contributed by atoms with van der Waals surface area (Å²) in [6, 6.07) is 8.05. The summed E-state index contributed by atoms with van der Waals surface area (Å²) in [4.78, 5) is 11.9. The lowest BCUT2D eigenvalue weighted by Crippen LogP contribution is -2.14. The van der Waals surface area contributed by atoms with Gasteiger partial charge in [-0.3, -0.25) is 9.48 Å². The Bertz CT molecular complexity index is 677. The van der Waals surface area contributed by atoms with Gasteiger partial charge in [0.15, 0.2) is 0 Å². The number of anilines is 1. The fourth-order valence-corrected chi connectivity index (χ4v) is 2.37. The average Bonchev–Trinajstić information content (AvgIpc) is 2.80. The lowest BCUT2D eigenvalue weighted by molar-refractivity contribution is -0.116. The smallest absolute Gasteiger partial charge is 0.225 e. The van der Waals surface area contributed by atoms with Gasteiger partial charge in [0.05, 0.1) is 12.3 Å². The number of nitrogens with one attached hydrogen (secondary N) is 1. The second-order valence-electron chi connectivity index (χ2n) is 5.92. The topological polar surface area (TPSA) is 56.1 Å². The van der Waals surface area contributed by atoms with Gasteiger partial charge in [-0.1, -0.05) is 12.1 Å². The van der Waals surface area contributed by atoms with Gasteiger partial charge in [-0.2, -0.15) is 5.10 Å². The van der Waals surface area contributed by atoms with E-state index in [1.807, 2.05) is 33.0 Å². The number of carbonyl (C=O) groups excluding carboxylic acids is 1. The SMILES string of the molecule is Cc1ccc(C)c(OCCCCC(=O)Nc2cc(C)nn2C)c1. The maximum absolute atomic E-state index is 11.9. The van der Waals surface area contributed by atoms with Crippen molar-refractivity contribution in [3.8, 4) is 5.75 Å². The van der Waals surface area contributed by atoms with E-state index >= 15 is 0 Å². The number of ether oxygens (including phenoxy) is 1. The molecule has 2 rings (SSSR count). The molecule has 1 aromatic heterocycles. The van der Waals surface area contributed by atoms with Gasteiger partial charge in [-0.15, -0.1) is 0 Å². The molecule has 124 valence electrons. The van der Waals surface area contributed by atoms with Crippen LogP contribution in [0.1, 0.15) is 36.1 Å². The maximum Gasteiger partial charge on any atom is 0.225 e. The van der Waals surface area contributed by atoms with Gasteiger partial charge in [0, 0.05) is 19.5 Å². The molecule has 0 spiro atoms. The normalized spacial score (nSPS) is 10.6. The van der Waals surface area contributed by atoms with Crippen molar-refractivity contribution in [2.75, 3.05) is 11.9 Å². The Morgan fingerprint density at radius 2 is 2.00 bits per heavy atom. The monoisotopic (exact) mass is 315 g/mol. The minimum atomic E-state index is 0.0136. The van der Waals surface area contributed by atoms with Crippen molar-refractivity contribution in [2.24, 2.45) is 7.05 Å². The summed E-state index contributed by atoms with van der Waals surface area (Å²) in [6.07, 6.45) is 2.14. The van der Waals surface area contributed by atoms with E-state index in [9.17, 15) is 4.79 Å². The Morgan fingerprint density at radius 3 is 2.70 bits per heavy atom. The van der Waals surface area contributed by atoms with Crippen LogP contribution in [-0.4, -0.2) is 22.3 Å². The van der Waals surface area contributed by atoms with Crippen molar-refractivity contribution in [3.05, 3.63) is 41.1 Å². The van der Waals surface area contributed by atoms with E-state index in [1.165, 1.54) is 5.56 Å². The molecule has 5 heteroatoms. The zero-order valence-corrected chi connectivity index (χ0v) is 14.3. The fourth-order valence-electron chi connectivity index (χ4n) is 2.37. The third-order valence-corrected chi connectivity index (χ3v) is 3.67. The number of benzene rings is 1. The molecule has 1 heterocycles. The van der Waals surface area contributed by atoms with Crippen LogP contribution in [0.2, 0.25) is 0 Å². The molecule has 0 atom stereocenters. The second-order valence-corrected chi connectivity index (χ2v) is 5.92. The minimum Gasteiger partial charge on any atom is -0.493 e. The van der Waals surface area contributed by atoms with Crippen molar-refractivity contribution in [3.63, 3.8) is 0 Å². The van der Waals surface area contributed by atoms with Gasteiger partial charge in [-0.25, -0.2) is 0 Å². The first-order valence-corrected chi connectivity index (χ1v) is 7.96. The molecule has 1 amide bonds. The first-order chi connectivity index (χ1) is 11.0. The summed E-state index contributed by atoms with van der Waals surface area (Å²) < 4.78 is 7.47. The number of rotatable bonds is 7. The van der Waals surface area contributed by atoms with Crippen LogP contribution in [0.15, 0.2) is 24.3 Å². The molecule has 23 heavy (non-hydrogen) atoms. The van der Waals surface area contributed by atoms with Crippen LogP contribution in [0.3, 0.4) is 0 Å². The summed E-state index contributed by atoms with van der Waals surface area (Å²) in [7, 11) is 1.82. The fraction of sp³-hybridized carbons (Fsp3) is 0.444. The number of nitrogens with zero attached hydrogens (tertiary/aromatic N) is 2. The van der Waals surface area contributed by atoms with Crippen LogP contribution in [0.25, 0.3) is 0 Å². The predicted octanol–water partition coefficient (Wildman–Crippen LogP) is 3.53. The third kappa shape index (κ3) is 5.13. The van der Waals surface area contributed by atoms with E-state index in [2.05, 4.69) is 29.5 Å². The summed E-state index contributed by atoms with van der Waals surface area (Å²) in [6.45, 7) is 6.62. The quantitative estimate of drug-likeness (QED) is 0.795. The van der Waals surface area contributed by atoms with Gasteiger partial charge >= 0.3 is 0 Å². The molecular weight excluding hydrogens is 290 g/mol. The molecule has 0 bridgehead atoms.